The number of benzene rings is 1. The van der Waals surface area contributed by atoms with Gasteiger partial charge in [-0.15, -0.1) is 0 Å². The van der Waals surface area contributed by atoms with Gasteiger partial charge in [-0.25, -0.2) is 0 Å². The molecule has 0 unspecified atom stereocenters. The van der Waals surface area contributed by atoms with E-state index in [1.807, 2.05) is 24.3 Å². The molecule has 0 amide bonds. The van der Waals surface area contributed by atoms with Gasteiger partial charge in [0.25, 0.3) is 6.01 Å². The summed E-state index contributed by atoms with van der Waals surface area (Å²) < 4.78 is 42.5. The van der Waals surface area contributed by atoms with Gasteiger partial charge in [0.05, 0.1) is 6.54 Å². The first-order valence-electron chi connectivity index (χ1n) is 6.88. The largest absolute Gasteiger partial charge is 0.424 e. The third-order valence-corrected chi connectivity index (χ3v) is 3.61. The van der Waals surface area contributed by atoms with Crippen LogP contribution in [0.15, 0.2) is 28.7 Å². The zero-order valence-electron chi connectivity index (χ0n) is 11.4. The summed E-state index contributed by atoms with van der Waals surface area (Å²) >= 11 is 0. The van der Waals surface area contributed by atoms with Gasteiger partial charge in [-0.05, 0) is 31.0 Å². The molecule has 1 aliphatic heterocycles. The van der Waals surface area contributed by atoms with Crippen molar-refractivity contribution >= 4 is 17.1 Å². The average Bonchev–Trinajstić information content (AvgIpc) is 3.00. The van der Waals surface area contributed by atoms with Crippen molar-refractivity contribution in [2.45, 2.75) is 12.6 Å². The van der Waals surface area contributed by atoms with Crippen LogP contribution < -0.4 is 5.32 Å². The Kier molecular flexibility index (Phi) is 3.75. The third-order valence-electron chi connectivity index (χ3n) is 3.61. The maximum absolute atomic E-state index is 12.3. The van der Waals surface area contributed by atoms with E-state index in [2.05, 4.69) is 10.3 Å². The Bertz CT molecular complexity index is 578. The second kappa shape index (κ2) is 5.55. The van der Waals surface area contributed by atoms with E-state index in [4.69, 9.17) is 4.42 Å². The molecular weight excluding hydrogens is 283 g/mol. The number of alkyl halides is 3. The van der Waals surface area contributed by atoms with Crippen LogP contribution in [0.1, 0.15) is 6.42 Å². The minimum Gasteiger partial charge on any atom is -0.424 e. The number of oxazole rings is 1. The Balaban J connectivity index is 1.52. The SMILES string of the molecule is FC(F)(F)CN1CC[C@@H](CNc2nc3ccccc3o2)C1. The van der Waals surface area contributed by atoms with Crippen LogP contribution in [0.3, 0.4) is 0 Å². The molecule has 21 heavy (non-hydrogen) atoms. The summed E-state index contributed by atoms with van der Waals surface area (Å²) in [6.07, 6.45) is -3.37. The molecule has 2 aromatic rings. The molecule has 0 aliphatic carbocycles. The summed E-state index contributed by atoms with van der Waals surface area (Å²) in [5, 5.41) is 3.07. The van der Waals surface area contributed by atoms with Crippen molar-refractivity contribution in [2.75, 3.05) is 31.5 Å². The standard InChI is InChI=1S/C14H16F3N3O/c15-14(16,17)9-20-6-5-10(8-20)7-18-13-19-11-3-1-2-4-12(11)21-13/h1-4,10H,5-9H2,(H,18,19)/t10-/m0/s1. The zero-order chi connectivity index (χ0) is 14.9. The van der Waals surface area contributed by atoms with E-state index in [-0.39, 0.29) is 5.92 Å². The lowest BCUT2D eigenvalue weighted by Gasteiger charge is -2.17. The highest BCUT2D eigenvalue weighted by Crippen LogP contribution is 2.24. The minimum atomic E-state index is -4.12. The van der Waals surface area contributed by atoms with Crippen molar-refractivity contribution in [2.24, 2.45) is 5.92 Å². The highest BCUT2D eigenvalue weighted by molar-refractivity contribution is 5.74. The van der Waals surface area contributed by atoms with Crippen molar-refractivity contribution in [3.63, 3.8) is 0 Å². The lowest BCUT2D eigenvalue weighted by atomic mass is 10.1. The number of rotatable bonds is 4. The fourth-order valence-corrected chi connectivity index (χ4v) is 2.66. The van der Waals surface area contributed by atoms with Crippen LogP contribution in [-0.4, -0.2) is 42.2 Å². The Morgan fingerprint density at radius 1 is 1.33 bits per heavy atom. The number of nitrogens with zero attached hydrogens (tertiary/aromatic N) is 2. The van der Waals surface area contributed by atoms with E-state index in [0.717, 1.165) is 11.9 Å². The smallest absolute Gasteiger partial charge is 0.401 e. The first-order chi connectivity index (χ1) is 9.99. The lowest BCUT2D eigenvalue weighted by Crippen LogP contribution is -2.33. The first kappa shape index (κ1) is 14.2. The van der Waals surface area contributed by atoms with Crippen LogP contribution in [-0.2, 0) is 0 Å². The van der Waals surface area contributed by atoms with E-state index < -0.39 is 12.7 Å². The van der Waals surface area contributed by atoms with Gasteiger partial charge in [0.1, 0.15) is 5.52 Å². The van der Waals surface area contributed by atoms with Crippen molar-refractivity contribution in [1.82, 2.24) is 9.88 Å². The Morgan fingerprint density at radius 3 is 2.90 bits per heavy atom. The van der Waals surface area contributed by atoms with Crippen LogP contribution >= 0.6 is 0 Å². The topological polar surface area (TPSA) is 41.3 Å². The summed E-state index contributed by atoms with van der Waals surface area (Å²) in [6, 6.07) is 7.84. The first-order valence-corrected chi connectivity index (χ1v) is 6.88. The Labute approximate surface area is 119 Å². The van der Waals surface area contributed by atoms with Crippen LogP contribution in [0.2, 0.25) is 0 Å². The highest BCUT2D eigenvalue weighted by Gasteiger charge is 2.34. The second-order valence-corrected chi connectivity index (χ2v) is 5.37. The number of nitrogens with one attached hydrogen (secondary N) is 1. The van der Waals surface area contributed by atoms with Gasteiger partial charge in [0.15, 0.2) is 5.58 Å². The molecule has 1 aromatic carbocycles. The van der Waals surface area contributed by atoms with Crippen LogP contribution in [0.5, 0.6) is 0 Å². The molecule has 1 N–H and O–H groups in total. The zero-order valence-corrected chi connectivity index (χ0v) is 11.4. The van der Waals surface area contributed by atoms with Gasteiger partial charge in [-0.3, -0.25) is 4.90 Å². The van der Waals surface area contributed by atoms with Crippen LogP contribution in [0, 0.1) is 5.92 Å². The van der Waals surface area contributed by atoms with E-state index in [9.17, 15) is 13.2 Å². The maximum Gasteiger partial charge on any atom is 0.401 e. The number of aromatic nitrogens is 1. The summed E-state index contributed by atoms with van der Waals surface area (Å²) in [7, 11) is 0. The Hall–Kier alpha value is -1.76. The van der Waals surface area contributed by atoms with E-state index in [0.29, 0.717) is 31.2 Å². The third kappa shape index (κ3) is 3.66. The molecule has 0 saturated carbocycles. The summed E-state index contributed by atoms with van der Waals surface area (Å²) in [5.41, 5.74) is 1.47. The molecular formula is C14H16F3N3O. The normalized spacial score (nSPS) is 20.2. The number of para-hydroxylation sites is 2. The second-order valence-electron chi connectivity index (χ2n) is 5.37. The van der Waals surface area contributed by atoms with Crippen molar-refractivity contribution in [3.05, 3.63) is 24.3 Å². The van der Waals surface area contributed by atoms with Gasteiger partial charge in [0.2, 0.25) is 0 Å². The molecule has 1 atom stereocenters. The van der Waals surface area contributed by atoms with Crippen molar-refractivity contribution < 1.29 is 17.6 Å². The summed E-state index contributed by atoms with van der Waals surface area (Å²) in [5.74, 6) is 0.183. The fraction of sp³-hybridized carbons (Fsp3) is 0.500. The lowest BCUT2D eigenvalue weighted by molar-refractivity contribution is -0.143. The van der Waals surface area contributed by atoms with Gasteiger partial charge in [0, 0.05) is 13.1 Å². The number of hydrogen-bond donors (Lipinski definition) is 1. The van der Waals surface area contributed by atoms with Gasteiger partial charge in [-0.2, -0.15) is 18.2 Å². The molecule has 3 rings (SSSR count). The molecule has 2 heterocycles. The molecule has 1 saturated heterocycles. The highest BCUT2D eigenvalue weighted by atomic mass is 19.4. The average molecular weight is 299 g/mol. The van der Waals surface area contributed by atoms with E-state index in [1.165, 1.54) is 4.90 Å². The van der Waals surface area contributed by atoms with Crippen LogP contribution in [0.25, 0.3) is 11.1 Å². The fourth-order valence-electron chi connectivity index (χ4n) is 2.66. The molecule has 4 nitrogen and oxygen atoms in total. The predicted molar refractivity (Wildman–Crippen MR) is 73.1 cm³/mol. The molecule has 0 radical (unpaired) electrons. The Morgan fingerprint density at radius 2 is 2.14 bits per heavy atom. The number of fused-ring (bicyclic) bond motifs is 1. The maximum atomic E-state index is 12.3. The van der Waals surface area contributed by atoms with E-state index >= 15 is 0 Å². The molecule has 0 spiro atoms. The van der Waals surface area contributed by atoms with Crippen LogP contribution in [0.4, 0.5) is 19.2 Å². The molecule has 1 aliphatic rings. The molecule has 1 aromatic heterocycles. The van der Waals surface area contributed by atoms with Gasteiger partial charge < -0.3 is 9.73 Å². The number of hydrogen-bond acceptors (Lipinski definition) is 4. The molecule has 0 bridgehead atoms. The summed E-state index contributed by atoms with van der Waals surface area (Å²) in [4.78, 5) is 5.72. The molecule has 1 fully saturated rings. The van der Waals surface area contributed by atoms with Gasteiger partial charge >= 0.3 is 6.18 Å². The van der Waals surface area contributed by atoms with E-state index in [1.54, 1.807) is 0 Å². The summed E-state index contributed by atoms with van der Waals surface area (Å²) in [6.45, 7) is 0.680. The van der Waals surface area contributed by atoms with Crippen molar-refractivity contribution in [1.29, 1.82) is 0 Å². The molecule has 7 heteroatoms. The molecule has 114 valence electrons. The minimum absolute atomic E-state index is 0.183. The van der Waals surface area contributed by atoms with Crippen molar-refractivity contribution in [3.8, 4) is 0 Å². The number of likely N-dealkylation sites (tertiary alicyclic amines) is 1. The monoisotopic (exact) mass is 299 g/mol. The quantitative estimate of drug-likeness (QED) is 0.942. The van der Waals surface area contributed by atoms with Gasteiger partial charge in [-0.1, -0.05) is 12.1 Å². The number of halogens is 3. The predicted octanol–water partition coefficient (Wildman–Crippen LogP) is 3.12. The number of anilines is 1.